The number of aliphatic hydroxyl groups is 2. The average molecular weight is 1110 g/mol. The van der Waals surface area contributed by atoms with Crippen LogP contribution in [0.5, 0.6) is 0 Å². The molecule has 0 radical (unpaired) electrons. The van der Waals surface area contributed by atoms with Gasteiger partial charge >= 0.3 is 0 Å². The van der Waals surface area contributed by atoms with E-state index in [1.807, 2.05) is 42.5 Å². The molecule has 2 aromatic carbocycles. The van der Waals surface area contributed by atoms with Gasteiger partial charge in [-0.2, -0.15) is 0 Å². The molecule has 2 heterocycles. The molecule has 1 saturated heterocycles. The van der Waals surface area contributed by atoms with Gasteiger partial charge in [-0.05, 0) is 80.2 Å². The summed E-state index contributed by atoms with van der Waals surface area (Å²) in [7, 11) is 0. The van der Waals surface area contributed by atoms with Crippen molar-refractivity contribution in [1.29, 1.82) is 0 Å². The quantitative estimate of drug-likeness (QED) is 0.0628. The number of imide groups is 1. The van der Waals surface area contributed by atoms with Gasteiger partial charge in [-0.25, -0.2) is 8.78 Å². The van der Waals surface area contributed by atoms with Crippen LogP contribution in [0.15, 0.2) is 94.3 Å². The van der Waals surface area contributed by atoms with Crippen molar-refractivity contribution in [3.63, 3.8) is 0 Å². The van der Waals surface area contributed by atoms with E-state index in [2.05, 4.69) is 10.6 Å². The molecule has 19 nitrogen and oxygen atoms in total. The topological polar surface area (TPSA) is 244 Å². The van der Waals surface area contributed by atoms with Gasteiger partial charge in [-0.15, -0.1) is 0 Å². The van der Waals surface area contributed by atoms with Gasteiger partial charge in [0.15, 0.2) is 29.1 Å². The summed E-state index contributed by atoms with van der Waals surface area (Å²) in [6.07, 6.45) is 0.669. The molecular weight excluding hydrogens is 1040 g/mol. The summed E-state index contributed by atoms with van der Waals surface area (Å²) in [5.41, 5.74) is -5.68. The number of amides is 4. The molecule has 0 aromatic heterocycles. The maximum Gasteiger partial charge on any atom is 0.253 e. The second kappa shape index (κ2) is 26.4. The number of hydrogen-bond donors (Lipinski definition) is 4. The number of ketones is 2. The first kappa shape index (κ1) is 59.0. The van der Waals surface area contributed by atoms with Crippen LogP contribution >= 0.6 is 11.8 Å². The van der Waals surface area contributed by atoms with E-state index in [-0.39, 0.29) is 62.6 Å². The van der Waals surface area contributed by atoms with Crippen LogP contribution in [-0.4, -0.2) is 179 Å². The molecule has 3 saturated carbocycles. The molecule has 0 spiro atoms. The molecule has 4 N–H and O–H groups in total. The fourth-order valence-corrected chi connectivity index (χ4v) is 12.9. The summed E-state index contributed by atoms with van der Waals surface area (Å²) in [5.74, 6) is -4.11. The van der Waals surface area contributed by atoms with E-state index in [1.54, 1.807) is 13.0 Å². The van der Waals surface area contributed by atoms with Crippen molar-refractivity contribution in [3.8, 4) is 0 Å². The third-order valence-corrected chi connectivity index (χ3v) is 16.8. The third kappa shape index (κ3) is 12.7. The largest absolute Gasteiger partial charge is 0.390 e. The van der Waals surface area contributed by atoms with Crippen molar-refractivity contribution >= 4 is 52.6 Å². The average Bonchev–Trinajstić information content (AvgIpc) is 4.07. The van der Waals surface area contributed by atoms with Crippen molar-refractivity contribution < 1.29 is 85.7 Å². The third-order valence-electron chi connectivity index (χ3n) is 15.8. The molecule has 0 bridgehead atoms. The molecule has 8 rings (SSSR count). The molecular formula is C56H69F2N3O16S. The predicted molar refractivity (Wildman–Crippen MR) is 276 cm³/mol. The van der Waals surface area contributed by atoms with E-state index in [0.29, 0.717) is 90.5 Å². The lowest BCUT2D eigenvalue weighted by Crippen LogP contribution is -2.70. The number of hydrogen-bond acceptors (Lipinski definition) is 17. The lowest BCUT2D eigenvalue weighted by molar-refractivity contribution is -0.235. The van der Waals surface area contributed by atoms with E-state index in [0.717, 1.165) is 20.8 Å². The minimum Gasteiger partial charge on any atom is -0.390 e. The number of Topliss-reactive ketones (excluding diaryl/α,β-unsaturated/α-hetero) is 1. The molecule has 78 heavy (non-hydrogen) atoms. The molecule has 4 fully saturated rings. The van der Waals surface area contributed by atoms with Gasteiger partial charge < -0.3 is 58.7 Å². The lowest BCUT2D eigenvalue weighted by Gasteiger charge is -2.63. The minimum absolute atomic E-state index is 0.00922. The van der Waals surface area contributed by atoms with Gasteiger partial charge in [0.05, 0.1) is 97.9 Å². The summed E-state index contributed by atoms with van der Waals surface area (Å²) < 4.78 is 79.9. The summed E-state index contributed by atoms with van der Waals surface area (Å²) in [5, 5.41) is 27.7. The molecule has 0 unspecified atom stereocenters. The highest BCUT2D eigenvalue weighted by Crippen LogP contribution is 2.72. The number of nitrogens with zero attached hydrogens (tertiary/aromatic N) is 1. The summed E-state index contributed by atoms with van der Waals surface area (Å²) in [4.78, 5) is 76.6. The first-order chi connectivity index (χ1) is 37.5. The van der Waals surface area contributed by atoms with Gasteiger partial charge in [0.25, 0.3) is 11.8 Å². The first-order valence-electron chi connectivity index (χ1n) is 26.4. The Kier molecular flexibility index (Phi) is 20.0. The second-order valence-electron chi connectivity index (χ2n) is 20.4. The van der Waals surface area contributed by atoms with E-state index in [1.165, 1.54) is 43.0 Å². The molecule has 2 aliphatic heterocycles. The summed E-state index contributed by atoms with van der Waals surface area (Å²) in [6.45, 7) is 6.92. The Balaban J connectivity index is 0.663. The fraction of sp³-hybridized carbons (Fsp3) is 0.571. The number of aliphatic hydroxyl groups excluding tert-OH is 2. The highest BCUT2D eigenvalue weighted by molar-refractivity contribution is 7.99. The summed E-state index contributed by atoms with van der Waals surface area (Å²) in [6, 6.07) is 14.8. The van der Waals surface area contributed by atoms with Crippen LogP contribution in [0.25, 0.3) is 0 Å². The molecule has 10 atom stereocenters. The normalized spacial score (nSPS) is 29.7. The Morgan fingerprint density at radius 3 is 2.01 bits per heavy atom. The number of alkyl halides is 2. The number of halogens is 2. The monoisotopic (exact) mass is 1110 g/mol. The first-order valence-corrected chi connectivity index (χ1v) is 27.2. The zero-order chi connectivity index (χ0) is 55.5. The number of ether oxygens (including phenoxy) is 8. The van der Waals surface area contributed by atoms with Crippen molar-refractivity contribution in [2.24, 2.45) is 22.7 Å². The highest BCUT2D eigenvalue weighted by Gasteiger charge is 2.80. The Hall–Kier alpha value is -5.11. The maximum absolute atomic E-state index is 17.8. The van der Waals surface area contributed by atoms with Crippen LogP contribution in [0, 0.1) is 22.7 Å². The van der Waals surface area contributed by atoms with Gasteiger partial charge in [0, 0.05) is 69.5 Å². The van der Waals surface area contributed by atoms with Crippen LogP contribution in [0.3, 0.4) is 0 Å². The van der Waals surface area contributed by atoms with E-state index < -0.39 is 88.6 Å². The van der Waals surface area contributed by atoms with Crippen molar-refractivity contribution in [2.75, 3.05) is 104 Å². The number of benzene rings is 2. The van der Waals surface area contributed by atoms with Crippen molar-refractivity contribution in [2.45, 2.75) is 91.7 Å². The van der Waals surface area contributed by atoms with Crippen molar-refractivity contribution in [1.82, 2.24) is 10.2 Å². The van der Waals surface area contributed by atoms with E-state index in [4.69, 9.17) is 37.9 Å². The number of fused-ring (bicyclic) bond motifs is 7. The number of rotatable bonds is 30. The lowest BCUT2D eigenvalue weighted by atomic mass is 9.44. The zero-order valence-corrected chi connectivity index (χ0v) is 44.6. The Labute approximate surface area is 455 Å². The van der Waals surface area contributed by atoms with Crippen LogP contribution in [0.1, 0.15) is 57.8 Å². The van der Waals surface area contributed by atoms with E-state index >= 15 is 8.78 Å². The predicted octanol–water partition coefficient (Wildman–Crippen LogP) is 4.34. The maximum atomic E-state index is 17.8. The molecule has 6 aliphatic rings. The SMILES string of the molecule is C[C@]12C=CC(=O)C=C1[C@@H](F)C[C@H]1[C@@H]3C[C@H]4O[C@@H](c5ccc(Sc6cccc(NC(=O)CCOCCOCCOCCOCCOCCOCCNC(=O)CCN7C(=O)C=CC7=O)c6)cc5)O[C@@]4(C(=O)CO)[C@@]3(C)C[C@H](O)[C@@]12F. The number of nitrogens with one attached hydrogen (secondary N) is 2. The van der Waals surface area contributed by atoms with Gasteiger partial charge in [0.1, 0.15) is 12.8 Å². The number of anilines is 1. The second-order valence-corrected chi connectivity index (χ2v) is 21.6. The smallest absolute Gasteiger partial charge is 0.253 e. The van der Waals surface area contributed by atoms with Crippen molar-refractivity contribution in [3.05, 3.63) is 90.0 Å². The number of carbonyl (C=O) groups excluding carboxylic acids is 6. The van der Waals surface area contributed by atoms with Crippen LogP contribution < -0.4 is 10.6 Å². The molecule has 4 aliphatic carbocycles. The summed E-state index contributed by atoms with van der Waals surface area (Å²) >= 11 is 1.46. The zero-order valence-electron chi connectivity index (χ0n) is 43.8. The fourth-order valence-electron chi connectivity index (χ4n) is 12.0. The Bertz CT molecular complexity index is 2570. The Morgan fingerprint density at radius 1 is 0.769 bits per heavy atom. The van der Waals surface area contributed by atoms with Crippen LogP contribution in [-0.2, 0) is 66.7 Å². The van der Waals surface area contributed by atoms with Crippen LogP contribution in [0.2, 0.25) is 0 Å². The van der Waals surface area contributed by atoms with Gasteiger partial charge in [-0.1, -0.05) is 43.0 Å². The Morgan fingerprint density at radius 2 is 1.38 bits per heavy atom. The number of carbonyl (C=O) groups is 6. The van der Waals surface area contributed by atoms with E-state index in [9.17, 15) is 39.0 Å². The standard InChI is InChI=1S/C56H69F2N3O16S/c1-53-15-12-38(63)31-43(53)44(57)32-42-41-33-47-56(46(65)35-62,54(41,2)34-45(64)55(42,53)58)77-52(76-47)36-6-8-39(9-7-36)78-40-5-3-4-37(30-40)60-49(67)14-18-70-20-22-72-24-26-74-28-29-75-27-25-73-23-21-71-19-16-59-48(66)13-17-61-50(68)10-11-51(61)69/h3-12,15,30-31,41-42,44-45,47,52,62,64H,13-14,16-29,32-35H2,1-2H3,(H,59,66)(H,60,67)/t41-,42-,44-,45-,47+,52+,53-,54-,55-,56+/m0/s1. The number of allylic oxidation sites excluding steroid dienone is 4. The highest BCUT2D eigenvalue weighted by atomic mass is 32.2. The molecule has 424 valence electrons. The van der Waals surface area contributed by atoms with Crippen LogP contribution in [0.4, 0.5) is 14.5 Å². The molecule has 22 heteroatoms. The minimum atomic E-state index is -2.34. The molecule has 4 amide bonds. The van der Waals surface area contributed by atoms with Gasteiger partial charge in [0.2, 0.25) is 11.8 Å². The van der Waals surface area contributed by atoms with Gasteiger partial charge in [-0.3, -0.25) is 33.7 Å². The molecule has 2 aromatic rings.